The van der Waals surface area contributed by atoms with Gasteiger partial charge in [-0.2, -0.15) is 0 Å². The molecule has 28 heavy (non-hydrogen) atoms. The van der Waals surface area contributed by atoms with E-state index in [-0.39, 0.29) is 12.0 Å². The lowest BCUT2D eigenvalue weighted by molar-refractivity contribution is 0.0504. The first kappa shape index (κ1) is 17.4. The Kier molecular flexibility index (Phi) is 4.16. The highest BCUT2D eigenvalue weighted by molar-refractivity contribution is 6.13. The fourth-order valence-electron chi connectivity index (χ4n) is 4.59. The summed E-state index contributed by atoms with van der Waals surface area (Å²) in [6, 6.07) is 13.5. The van der Waals surface area contributed by atoms with Crippen LogP contribution in [0, 0.1) is 0 Å². The van der Waals surface area contributed by atoms with Gasteiger partial charge in [0, 0.05) is 18.9 Å². The van der Waals surface area contributed by atoms with Crippen LogP contribution in [0.5, 0.6) is 11.5 Å². The lowest BCUT2D eigenvalue weighted by atomic mass is 9.82. The highest BCUT2D eigenvalue weighted by atomic mass is 16.6. The first-order valence-electron chi connectivity index (χ1n) is 9.84. The zero-order valence-corrected chi connectivity index (χ0v) is 15.9. The third-order valence-corrected chi connectivity index (χ3v) is 6.03. The number of benzene rings is 2. The summed E-state index contributed by atoms with van der Waals surface area (Å²) >= 11 is 0. The molecule has 0 unspecified atom stereocenters. The summed E-state index contributed by atoms with van der Waals surface area (Å²) in [7, 11) is 1.76. The predicted molar refractivity (Wildman–Crippen MR) is 106 cm³/mol. The minimum Gasteiger partial charge on any atom is -0.486 e. The second kappa shape index (κ2) is 6.71. The van der Waals surface area contributed by atoms with Crippen LogP contribution in [0.4, 0.5) is 11.4 Å². The molecule has 1 amide bonds. The molecule has 2 aromatic rings. The molecular weight excluding hydrogens is 356 g/mol. The van der Waals surface area contributed by atoms with Gasteiger partial charge in [0.1, 0.15) is 18.9 Å². The Hall–Kier alpha value is -2.73. The number of fused-ring (bicyclic) bond motifs is 2. The molecule has 5 rings (SSSR count). The molecule has 2 aliphatic heterocycles. The zero-order chi connectivity index (χ0) is 19.1. The number of hydrogen-bond acceptors (Lipinski definition) is 5. The number of methoxy groups -OCH3 is 1. The van der Waals surface area contributed by atoms with Crippen molar-refractivity contribution in [2.24, 2.45) is 0 Å². The van der Waals surface area contributed by atoms with Crippen molar-refractivity contribution in [2.45, 2.75) is 37.5 Å². The summed E-state index contributed by atoms with van der Waals surface area (Å²) in [6.07, 6.45) is 3.68. The Morgan fingerprint density at radius 1 is 1.07 bits per heavy atom. The van der Waals surface area contributed by atoms with Gasteiger partial charge in [0.2, 0.25) is 0 Å². The van der Waals surface area contributed by atoms with E-state index in [1.54, 1.807) is 7.11 Å². The Bertz CT molecular complexity index is 905. The molecule has 6 nitrogen and oxygen atoms in total. The Labute approximate surface area is 164 Å². The standard InChI is InChI=1S/C22H24N2O4/c1-26-16-8-10-22(11-9-16)23-18-5-3-2-4-17(18)21(25)24(22)15-6-7-19-20(14-15)28-13-12-27-19/h2-7,14,16,23H,8-13H2,1H3. The van der Waals surface area contributed by atoms with E-state index in [2.05, 4.69) is 5.32 Å². The number of nitrogens with one attached hydrogen (secondary N) is 1. The van der Waals surface area contributed by atoms with Gasteiger partial charge >= 0.3 is 0 Å². The van der Waals surface area contributed by atoms with Crippen LogP contribution in [-0.4, -0.2) is 38.0 Å². The Balaban J connectivity index is 1.59. The van der Waals surface area contributed by atoms with E-state index >= 15 is 0 Å². The topological polar surface area (TPSA) is 60.0 Å². The second-order valence-electron chi connectivity index (χ2n) is 7.61. The lowest BCUT2D eigenvalue weighted by Gasteiger charge is -2.51. The van der Waals surface area contributed by atoms with Crippen LogP contribution >= 0.6 is 0 Å². The minimum atomic E-state index is -0.468. The predicted octanol–water partition coefficient (Wildman–Crippen LogP) is 3.82. The van der Waals surface area contributed by atoms with E-state index in [4.69, 9.17) is 14.2 Å². The van der Waals surface area contributed by atoms with Gasteiger partial charge in [0.25, 0.3) is 5.91 Å². The third-order valence-electron chi connectivity index (χ3n) is 6.03. The second-order valence-corrected chi connectivity index (χ2v) is 7.61. The van der Waals surface area contributed by atoms with Crippen LogP contribution < -0.4 is 19.7 Å². The molecule has 0 bridgehead atoms. The van der Waals surface area contributed by atoms with Crippen LogP contribution in [0.3, 0.4) is 0 Å². The number of nitrogens with zero attached hydrogens (tertiary/aromatic N) is 1. The van der Waals surface area contributed by atoms with Crippen LogP contribution in [0.1, 0.15) is 36.0 Å². The van der Waals surface area contributed by atoms with Gasteiger partial charge in [-0.15, -0.1) is 0 Å². The number of hydrogen-bond donors (Lipinski definition) is 1. The third kappa shape index (κ3) is 2.71. The monoisotopic (exact) mass is 380 g/mol. The summed E-state index contributed by atoms with van der Waals surface area (Å²) < 4.78 is 17.0. The summed E-state index contributed by atoms with van der Waals surface area (Å²) in [6.45, 7) is 1.07. The molecule has 2 aromatic carbocycles. The summed E-state index contributed by atoms with van der Waals surface area (Å²) in [5.41, 5.74) is 1.95. The number of anilines is 2. The molecule has 1 aliphatic carbocycles. The van der Waals surface area contributed by atoms with Crippen molar-refractivity contribution in [1.82, 2.24) is 0 Å². The van der Waals surface area contributed by atoms with Gasteiger partial charge in [0.15, 0.2) is 11.5 Å². The van der Waals surface area contributed by atoms with E-state index in [1.165, 1.54) is 0 Å². The Morgan fingerprint density at radius 3 is 2.61 bits per heavy atom. The maximum absolute atomic E-state index is 13.6. The average molecular weight is 380 g/mol. The van der Waals surface area contributed by atoms with E-state index in [0.717, 1.165) is 42.8 Å². The number of carbonyl (C=O) groups is 1. The van der Waals surface area contributed by atoms with E-state index < -0.39 is 5.66 Å². The highest BCUT2D eigenvalue weighted by Gasteiger charge is 2.47. The van der Waals surface area contributed by atoms with Crippen molar-refractivity contribution in [3.05, 3.63) is 48.0 Å². The van der Waals surface area contributed by atoms with E-state index in [1.807, 2.05) is 47.4 Å². The van der Waals surface area contributed by atoms with E-state index in [9.17, 15) is 4.79 Å². The summed E-state index contributed by atoms with van der Waals surface area (Å²) in [4.78, 5) is 15.5. The summed E-state index contributed by atoms with van der Waals surface area (Å²) in [5, 5.41) is 3.69. The highest BCUT2D eigenvalue weighted by Crippen LogP contribution is 2.45. The number of carbonyl (C=O) groups excluding carboxylic acids is 1. The molecule has 3 aliphatic rings. The van der Waals surface area contributed by atoms with Crippen molar-refractivity contribution < 1.29 is 19.0 Å². The molecule has 0 aromatic heterocycles. The fraction of sp³-hybridized carbons (Fsp3) is 0.409. The summed E-state index contributed by atoms with van der Waals surface area (Å²) in [5.74, 6) is 1.43. The van der Waals surface area contributed by atoms with Crippen molar-refractivity contribution >= 4 is 17.3 Å². The largest absolute Gasteiger partial charge is 0.486 e. The van der Waals surface area contributed by atoms with Crippen molar-refractivity contribution in [2.75, 3.05) is 30.5 Å². The quantitative estimate of drug-likeness (QED) is 0.858. The minimum absolute atomic E-state index is 0.0156. The number of rotatable bonds is 2. The fourth-order valence-corrected chi connectivity index (χ4v) is 4.59. The molecular formula is C22H24N2O4. The van der Waals surface area contributed by atoms with E-state index in [0.29, 0.717) is 24.5 Å². The van der Waals surface area contributed by atoms with Crippen molar-refractivity contribution in [3.8, 4) is 11.5 Å². The molecule has 0 radical (unpaired) electrons. The molecule has 146 valence electrons. The average Bonchev–Trinajstić information content (AvgIpc) is 2.74. The van der Waals surface area contributed by atoms with Crippen LogP contribution in [0.25, 0.3) is 0 Å². The van der Waals surface area contributed by atoms with Gasteiger partial charge in [-0.1, -0.05) is 12.1 Å². The van der Waals surface area contributed by atoms with Crippen LogP contribution in [0.2, 0.25) is 0 Å². The first-order chi connectivity index (χ1) is 13.7. The van der Waals surface area contributed by atoms with Crippen molar-refractivity contribution in [3.63, 3.8) is 0 Å². The van der Waals surface area contributed by atoms with Crippen LogP contribution in [0.15, 0.2) is 42.5 Å². The molecule has 0 saturated heterocycles. The molecule has 1 fully saturated rings. The van der Waals surface area contributed by atoms with Gasteiger partial charge in [-0.25, -0.2) is 0 Å². The molecule has 2 heterocycles. The lowest BCUT2D eigenvalue weighted by Crippen LogP contribution is -2.62. The molecule has 1 spiro atoms. The number of amides is 1. The first-order valence-corrected chi connectivity index (χ1v) is 9.84. The normalized spacial score (nSPS) is 26.0. The van der Waals surface area contributed by atoms with Crippen LogP contribution in [-0.2, 0) is 4.74 Å². The number of para-hydroxylation sites is 1. The van der Waals surface area contributed by atoms with Crippen molar-refractivity contribution in [1.29, 1.82) is 0 Å². The van der Waals surface area contributed by atoms with Gasteiger partial charge in [-0.05, 0) is 49.9 Å². The molecule has 6 heteroatoms. The maximum atomic E-state index is 13.6. The smallest absolute Gasteiger partial charge is 0.262 e. The molecule has 0 atom stereocenters. The molecule has 1 N–H and O–H groups in total. The van der Waals surface area contributed by atoms with Gasteiger partial charge in [0.05, 0.1) is 17.4 Å². The van der Waals surface area contributed by atoms with Gasteiger partial charge < -0.3 is 19.5 Å². The zero-order valence-electron chi connectivity index (χ0n) is 15.9. The SMILES string of the molecule is COC1CCC2(CC1)Nc1ccccc1C(=O)N2c1ccc2c(c1)OCCO2. The maximum Gasteiger partial charge on any atom is 0.262 e. The Morgan fingerprint density at radius 2 is 1.82 bits per heavy atom. The molecule has 1 saturated carbocycles. The van der Waals surface area contributed by atoms with Gasteiger partial charge in [-0.3, -0.25) is 9.69 Å². The number of ether oxygens (including phenoxy) is 3.